The second kappa shape index (κ2) is 8.26. The molecule has 1 saturated heterocycles. The number of urea groups is 1. The van der Waals surface area contributed by atoms with Crippen LogP contribution in [-0.2, 0) is 16.6 Å². The quantitative estimate of drug-likeness (QED) is 0.789. The summed E-state index contributed by atoms with van der Waals surface area (Å²) in [6.45, 7) is 5.89. The van der Waals surface area contributed by atoms with E-state index in [9.17, 15) is 13.2 Å². The first-order valence-corrected chi connectivity index (χ1v) is 10.7. The van der Waals surface area contributed by atoms with Crippen LogP contribution in [0.1, 0.15) is 43.3 Å². The predicted octanol–water partition coefficient (Wildman–Crippen LogP) is 1.83. The number of aromatic nitrogens is 1. The highest BCUT2D eigenvalue weighted by Gasteiger charge is 2.25. The predicted molar refractivity (Wildman–Crippen MR) is 95.7 cm³/mol. The number of carbonyl (C=O) groups is 1. The van der Waals surface area contributed by atoms with Crippen molar-refractivity contribution < 1.29 is 13.2 Å². The first-order valence-electron chi connectivity index (χ1n) is 8.20. The fourth-order valence-electron chi connectivity index (χ4n) is 2.49. The summed E-state index contributed by atoms with van der Waals surface area (Å²) in [7, 11) is -1.58. The van der Waals surface area contributed by atoms with Crippen molar-refractivity contribution >= 4 is 27.4 Å². The van der Waals surface area contributed by atoms with E-state index in [4.69, 9.17) is 0 Å². The van der Waals surface area contributed by atoms with Crippen molar-refractivity contribution in [2.75, 3.05) is 32.4 Å². The van der Waals surface area contributed by atoms with E-state index in [0.29, 0.717) is 25.6 Å². The molecule has 0 spiro atoms. The number of amides is 2. The summed E-state index contributed by atoms with van der Waals surface area (Å²) < 4.78 is 25.7. The molecule has 0 saturated carbocycles. The van der Waals surface area contributed by atoms with E-state index >= 15 is 0 Å². The number of rotatable bonds is 7. The summed E-state index contributed by atoms with van der Waals surface area (Å²) >= 11 is 1.59. The summed E-state index contributed by atoms with van der Waals surface area (Å²) in [5.74, 6) is 0.319. The molecule has 1 N–H and O–H groups in total. The molecule has 0 unspecified atom stereocenters. The van der Waals surface area contributed by atoms with Crippen LogP contribution in [-0.4, -0.2) is 61.1 Å². The molecular weight excluding hydrogens is 348 g/mol. The Morgan fingerprint density at radius 1 is 1.42 bits per heavy atom. The maximum absolute atomic E-state index is 12.1. The van der Waals surface area contributed by atoms with Crippen molar-refractivity contribution in [1.82, 2.24) is 19.5 Å². The van der Waals surface area contributed by atoms with Gasteiger partial charge in [-0.3, -0.25) is 0 Å². The molecule has 1 aromatic rings. The van der Waals surface area contributed by atoms with Crippen molar-refractivity contribution in [1.29, 1.82) is 0 Å². The largest absolute Gasteiger partial charge is 0.337 e. The fourth-order valence-corrected chi connectivity index (χ4v) is 4.75. The number of nitrogens with zero attached hydrogens (tertiary/aromatic N) is 3. The highest BCUT2D eigenvalue weighted by atomic mass is 32.2. The van der Waals surface area contributed by atoms with Crippen molar-refractivity contribution in [3.05, 3.63) is 16.1 Å². The molecule has 1 aromatic heterocycles. The van der Waals surface area contributed by atoms with Crippen molar-refractivity contribution in [2.24, 2.45) is 0 Å². The maximum atomic E-state index is 12.1. The Hall–Kier alpha value is -1.19. The van der Waals surface area contributed by atoms with Crippen molar-refractivity contribution in [3.63, 3.8) is 0 Å². The van der Waals surface area contributed by atoms with Gasteiger partial charge in [0.15, 0.2) is 0 Å². The highest BCUT2D eigenvalue weighted by molar-refractivity contribution is 7.89. The van der Waals surface area contributed by atoms with Crippen molar-refractivity contribution in [3.8, 4) is 0 Å². The lowest BCUT2D eigenvalue weighted by Gasteiger charge is -2.18. The Morgan fingerprint density at radius 3 is 2.67 bits per heavy atom. The first kappa shape index (κ1) is 19.1. The van der Waals surface area contributed by atoms with Crippen LogP contribution >= 0.6 is 11.3 Å². The van der Waals surface area contributed by atoms with E-state index < -0.39 is 10.0 Å². The minimum atomic E-state index is -3.26. The number of nitrogens with one attached hydrogen (secondary N) is 1. The van der Waals surface area contributed by atoms with Crippen LogP contribution in [0.4, 0.5) is 4.79 Å². The monoisotopic (exact) mass is 374 g/mol. The molecule has 0 aliphatic carbocycles. The van der Waals surface area contributed by atoms with E-state index in [1.54, 1.807) is 18.4 Å². The van der Waals surface area contributed by atoms with Crippen LogP contribution in [0, 0.1) is 0 Å². The number of sulfonamides is 1. The Balaban J connectivity index is 1.76. The lowest BCUT2D eigenvalue weighted by molar-refractivity contribution is 0.207. The SMILES string of the molecule is CC(C)c1nc(CN(C)C(=O)NCCS(=O)(=O)N2CCCC2)cs1. The van der Waals surface area contributed by atoms with Gasteiger partial charge in [-0.2, -0.15) is 0 Å². The van der Waals surface area contributed by atoms with Gasteiger partial charge >= 0.3 is 6.03 Å². The molecule has 2 heterocycles. The van der Waals surface area contributed by atoms with Crippen LogP contribution in [0.3, 0.4) is 0 Å². The zero-order valence-electron chi connectivity index (χ0n) is 14.5. The summed E-state index contributed by atoms with van der Waals surface area (Å²) in [6, 6.07) is -0.286. The molecule has 7 nitrogen and oxygen atoms in total. The van der Waals surface area contributed by atoms with Gasteiger partial charge in [0.25, 0.3) is 0 Å². The average Bonchev–Trinajstić information content (AvgIpc) is 3.18. The van der Waals surface area contributed by atoms with Crippen LogP contribution in [0.2, 0.25) is 0 Å². The van der Waals surface area contributed by atoms with Crippen LogP contribution < -0.4 is 5.32 Å². The molecule has 136 valence electrons. The summed E-state index contributed by atoms with van der Waals surface area (Å²) in [4.78, 5) is 18.1. The number of hydrogen-bond donors (Lipinski definition) is 1. The fraction of sp³-hybridized carbons (Fsp3) is 0.733. The third-order valence-electron chi connectivity index (χ3n) is 3.90. The number of hydrogen-bond acceptors (Lipinski definition) is 5. The summed E-state index contributed by atoms with van der Waals surface area (Å²) in [5.41, 5.74) is 0.853. The molecule has 0 bridgehead atoms. The Morgan fingerprint density at radius 2 is 2.08 bits per heavy atom. The number of thiazole rings is 1. The lowest BCUT2D eigenvalue weighted by atomic mass is 10.2. The Labute approximate surface area is 148 Å². The molecule has 1 aliphatic rings. The van der Waals surface area contributed by atoms with Gasteiger partial charge in [0.05, 0.1) is 23.0 Å². The summed E-state index contributed by atoms with van der Waals surface area (Å²) in [6.07, 6.45) is 1.83. The topological polar surface area (TPSA) is 82.6 Å². The van der Waals surface area contributed by atoms with Gasteiger partial charge in [-0.15, -0.1) is 11.3 Å². The minimum Gasteiger partial charge on any atom is -0.337 e. The van der Waals surface area contributed by atoms with Gasteiger partial charge < -0.3 is 10.2 Å². The van der Waals surface area contributed by atoms with Crippen LogP contribution in [0.15, 0.2) is 5.38 Å². The van der Waals surface area contributed by atoms with E-state index in [1.807, 2.05) is 5.38 Å². The highest BCUT2D eigenvalue weighted by Crippen LogP contribution is 2.19. The molecule has 2 rings (SSSR count). The molecule has 9 heteroatoms. The second-order valence-electron chi connectivity index (χ2n) is 6.34. The Bertz CT molecular complexity index is 651. The lowest BCUT2D eigenvalue weighted by Crippen LogP contribution is -2.41. The van der Waals surface area contributed by atoms with Crippen LogP contribution in [0.5, 0.6) is 0 Å². The molecule has 0 aromatic carbocycles. The summed E-state index contributed by atoms with van der Waals surface area (Å²) in [5, 5.41) is 5.68. The number of carbonyl (C=O) groups excluding carboxylic acids is 1. The molecule has 24 heavy (non-hydrogen) atoms. The van der Waals surface area contributed by atoms with E-state index in [0.717, 1.165) is 23.5 Å². The van der Waals surface area contributed by atoms with Gasteiger partial charge in [0.2, 0.25) is 10.0 Å². The second-order valence-corrected chi connectivity index (χ2v) is 9.32. The third kappa shape index (κ3) is 5.15. The molecule has 0 radical (unpaired) electrons. The zero-order valence-corrected chi connectivity index (χ0v) is 16.1. The molecule has 1 fully saturated rings. The van der Waals surface area contributed by atoms with E-state index in [-0.39, 0.29) is 18.3 Å². The molecular formula is C15H26N4O3S2. The first-order chi connectivity index (χ1) is 11.3. The van der Waals surface area contributed by atoms with Gasteiger partial charge in [-0.25, -0.2) is 22.5 Å². The van der Waals surface area contributed by atoms with E-state index in [2.05, 4.69) is 24.1 Å². The molecule has 0 atom stereocenters. The minimum absolute atomic E-state index is 0.0548. The smallest absolute Gasteiger partial charge is 0.317 e. The third-order valence-corrected chi connectivity index (χ3v) is 6.97. The Kier molecular flexibility index (Phi) is 6.59. The molecule has 1 aliphatic heterocycles. The van der Waals surface area contributed by atoms with Gasteiger partial charge in [-0.05, 0) is 12.8 Å². The van der Waals surface area contributed by atoms with E-state index in [1.165, 1.54) is 9.21 Å². The van der Waals surface area contributed by atoms with Crippen molar-refractivity contribution in [2.45, 2.75) is 39.2 Å². The average molecular weight is 375 g/mol. The standard InChI is InChI=1S/C15H26N4O3S2/c1-12(2)14-17-13(11-23-14)10-18(3)15(20)16-6-9-24(21,22)19-7-4-5-8-19/h11-12H,4-10H2,1-3H3,(H,16,20). The van der Waals surface area contributed by atoms with Gasteiger partial charge in [-0.1, -0.05) is 13.8 Å². The maximum Gasteiger partial charge on any atom is 0.317 e. The van der Waals surface area contributed by atoms with Crippen LogP contribution in [0.25, 0.3) is 0 Å². The van der Waals surface area contributed by atoms with Gasteiger partial charge in [0.1, 0.15) is 0 Å². The molecule has 2 amide bonds. The van der Waals surface area contributed by atoms with Gasteiger partial charge in [0, 0.05) is 38.0 Å². The zero-order chi connectivity index (χ0) is 17.7. The normalized spacial score (nSPS) is 15.8.